The topological polar surface area (TPSA) is 52.6 Å². The van der Waals surface area contributed by atoms with E-state index in [4.69, 9.17) is 4.99 Å². The van der Waals surface area contributed by atoms with Crippen molar-refractivity contribution in [1.82, 2.24) is 15.6 Å². The van der Waals surface area contributed by atoms with E-state index in [1.807, 2.05) is 19.0 Å². The Morgan fingerprint density at radius 2 is 1.96 bits per heavy atom. The van der Waals surface area contributed by atoms with Crippen molar-refractivity contribution in [2.75, 3.05) is 25.5 Å². The minimum Gasteiger partial charge on any atom is -0.357 e. The van der Waals surface area contributed by atoms with Gasteiger partial charge in [0.2, 0.25) is 0 Å². The second kappa shape index (κ2) is 9.42. The van der Waals surface area contributed by atoms with Gasteiger partial charge in [-0.2, -0.15) is 0 Å². The smallest absolute Gasteiger partial charge is 0.191 e. The van der Waals surface area contributed by atoms with E-state index < -0.39 is 0 Å². The number of guanidine groups is 1. The number of thiazole rings is 1. The highest BCUT2D eigenvalue weighted by molar-refractivity contribution is 7.13. The average molecular weight is 360 g/mol. The molecule has 2 N–H and O–H groups in total. The molecule has 1 aromatic carbocycles. The van der Waals surface area contributed by atoms with Crippen LogP contribution in [0, 0.1) is 0 Å². The van der Waals surface area contributed by atoms with Crippen LogP contribution in [0.3, 0.4) is 0 Å². The lowest BCUT2D eigenvalue weighted by atomic mass is 9.94. The van der Waals surface area contributed by atoms with E-state index in [1.54, 1.807) is 11.3 Å². The number of nitrogens with one attached hydrogen (secondary N) is 2. The van der Waals surface area contributed by atoms with Crippen LogP contribution < -0.4 is 15.5 Å². The summed E-state index contributed by atoms with van der Waals surface area (Å²) in [6.45, 7) is 7.91. The van der Waals surface area contributed by atoms with Gasteiger partial charge in [-0.15, -0.1) is 11.3 Å². The lowest BCUT2D eigenvalue weighted by Crippen LogP contribution is -2.44. The van der Waals surface area contributed by atoms with E-state index >= 15 is 0 Å². The summed E-state index contributed by atoms with van der Waals surface area (Å²) in [6, 6.07) is 10.8. The van der Waals surface area contributed by atoms with Crippen molar-refractivity contribution in [3.63, 3.8) is 0 Å². The first-order chi connectivity index (χ1) is 12.0. The van der Waals surface area contributed by atoms with Crippen LogP contribution in [0.4, 0.5) is 5.13 Å². The molecule has 0 aliphatic rings. The first kappa shape index (κ1) is 19.2. The van der Waals surface area contributed by atoms with Crippen molar-refractivity contribution in [3.8, 4) is 0 Å². The molecule has 0 amide bonds. The number of hydrogen-bond donors (Lipinski definition) is 2. The summed E-state index contributed by atoms with van der Waals surface area (Å²) in [5.74, 6) is 1.22. The molecule has 136 valence electrons. The minimum absolute atomic E-state index is 0.271. The van der Waals surface area contributed by atoms with Crippen LogP contribution >= 0.6 is 11.3 Å². The Morgan fingerprint density at radius 3 is 2.56 bits per heavy atom. The van der Waals surface area contributed by atoms with Crippen molar-refractivity contribution in [2.45, 2.75) is 39.3 Å². The lowest BCUT2D eigenvalue weighted by molar-refractivity contribution is 0.550. The molecular formula is C19H29N5S. The van der Waals surface area contributed by atoms with Gasteiger partial charge in [0.15, 0.2) is 11.1 Å². The van der Waals surface area contributed by atoms with Gasteiger partial charge >= 0.3 is 0 Å². The highest BCUT2D eigenvalue weighted by Gasteiger charge is 2.15. The van der Waals surface area contributed by atoms with E-state index in [0.29, 0.717) is 12.5 Å². The summed E-state index contributed by atoms with van der Waals surface area (Å²) < 4.78 is 0. The highest BCUT2D eigenvalue weighted by Crippen LogP contribution is 2.19. The fraction of sp³-hybridized carbons (Fsp3) is 0.474. The predicted octanol–water partition coefficient (Wildman–Crippen LogP) is 3.46. The summed E-state index contributed by atoms with van der Waals surface area (Å²) in [5.41, 5.74) is 2.32. The molecule has 0 saturated carbocycles. The van der Waals surface area contributed by atoms with Gasteiger partial charge in [0.1, 0.15) is 0 Å². The van der Waals surface area contributed by atoms with Crippen LogP contribution in [0.1, 0.15) is 37.9 Å². The number of benzene rings is 1. The fourth-order valence-electron chi connectivity index (χ4n) is 2.44. The van der Waals surface area contributed by atoms with E-state index in [9.17, 15) is 0 Å². The molecule has 6 heteroatoms. The Labute approximate surface area is 155 Å². The zero-order valence-electron chi connectivity index (χ0n) is 15.8. The van der Waals surface area contributed by atoms with E-state index in [-0.39, 0.29) is 6.04 Å². The van der Waals surface area contributed by atoms with Crippen LogP contribution in [-0.4, -0.2) is 37.6 Å². The molecular weight excluding hydrogens is 330 g/mol. The summed E-state index contributed by atoms with van der Waals surface area (Å²) in [5, 5.41) is 9.92. The number of rotatable bonds is 7. The third-order valence-electron chi connectivity index (χ3n) is 4.11. The van der Waals surface area contributed by atoms with Crippen molar-refractivity contribution in [2.24, 2.45) is 4.99 Å². The second-order valence-electron chi connectivity index (χ2n) is 6.34. The van der Waals surface area contributed by atoms with Gasteiger partial charge in [-0.05, 0) is 19.4 Å². The Hall–Kier alpha value is -2.08. The maximum atomic E-state index is 4.69. The molecule has 2 rings (SSSR count). The van der Waals surface area contributed by atoms with Crippen molar-refractivity contribution in [1.29, 1.82) is 0 Å². The Kier molecular flexibility index (Phi) is 7.25. The Morgan fingerprint density at radius 1 is 1.24 bits per heavy atom. The van der Waals surface area contributed by atoms with Crippen LogP contribution in [-0.2, 0) is 6.54 Å². The number of hydrogen-bond acceptors (Lipinski definition) is 4. The van der Waals surface area contributed by atoms with Gasteiger partial charge in [-0.25, -0.2) is 9.98 Å². The number of aromatic nitrogens is 1. The third kappa shape index (κ3) is 5.74. The highest BCUT2D eigenvalue weighted by atomic mass is 32.1. The summed E-state index contributed by atoms with van der Waals surface area (Å²) in [7, 11) is 4.01. The van der Waals surface area contributed by atoms with Gasteiger partial charge in [0.05, 0.1) is 12.2 Å². The van der Waals surface area contributed by atoms with Gasteiger partial charge in [0, 0.05) is 38.0 Å². The van der Waals surface area contributed by atoms with E-state index in [2.05, 4.69) is 72.1 Å². The van der Waals surface area contributed by atoms with E-state index in [0.717, 1.165) is 23.3 Å². The van der Waals surface area contributed by atoms with E-state index in [1.165, 1.54) is 5.56 Å². The normalized spacial score (nSPS) is 14.0. The molecule has 1 aromatic heterocycles. The largest absolute Gasteiger partial charge is 0.357 e. The summed E-state index contributed by atoms with van der Waals surface area (Å²) in [6.07, 6.45) is 0. The second-order valence-corrected chi connectivity index (χ2v) is 7.18. The molecule has 2 aromatic rings. The van der Waals surface area contributed by atoms with Crippen molar-refractivity contribution >= 4 is 22.4 Å². The zero-order chi connectivity index (χ0) is 18.2. The Bertz CT molecular complexity index is 665. The maximum absolute atomic E-state index is 4.69. The molecule has 0 aliphatic carbocycles. The SMILES string of the molecule is CCNC(=NCc1csc(N(C)C)n1)NC(C)C(C)c1ccccc1. The van der Waals surface area contributed by atoms with Crippen LogP contribution in [0.15, 0.2) is 40.7 Å². The Balaban J connectivity index is 2.01. The standard InChI is InChI=1S/C19H29N5S/c1-6-20-18(21-12-17-13-25-19(23-17)24(4)5)22-15(3)14(2)16-10-8-7-9-11-16/h7-11,13-15H,6,12H2,1-5H3,(H2,20,21,22). The number of anilines is 1. The van der Waals surface area contributed by atoms with Gasteiger partial charge in [0.25, 0.3) is 0 Å². The molecule has 0 bridgehead atoms. The first-order valence-electron chi connectivity index (χ1n) is 8.72. The lowest BCUT2D eigenvalue weighted by Gasteiger charge is -2.24. The quantitative estimate of drug-likeness (QED) is 0.587. The molecule has 1 heterocycles. The monoisotopic (exact) mass is 359 g/mol. The van der Waals surface area contributed by atoms with Crippen LogP contribution in [0.25, 0.3) is 0 Å². The first-order valence-corrected chi connectivity index (χ1v) is 9.60. The maximum Gasteiger partial charge on any atom is 0.191 e. The molecule has 2 unspecified atom stereocenters. The van der Waals surface area contributed by atoms with Gasteiger partial charge in [-0.3, -0.25) is 0 Å². The molecule has 2 atom stereocenters. The molecule has 5 nitrogen and oxygen atoms in total. The zero-order valence-corrected chi connectivity index (χ0v) is 16.6. The molecule has 0 saturated heterocycles. The summed E-state index contributed by atoms with van der Waals surface area (Å²) >= 11 is 1.64. The average Bonchev–Trinajstić information content (AvgIpc) is 3.09. The number of aliphatic imine (C=N–C) groups is 1. The van der Waals surface area contributed by atoms with Crippen molar-refractivity contribution < 1.29 is 0 Å². The third-order valence-corrected chi connectivity index (χ3v) is 5.16. The van der Waals surface area contributed by atoms with Gasteiger partial charge < -0.3 is 15.5 Å². The van der Waals surface area contributed by atoms with Crippen LogP contribution in [0.5, 0.6) is 0 Å². The molecule has 0 spiro atoms. The molecule has 0 radical (unpaired) electrons. The summed E-state index contributed by atoms with van der Waals surface area (Å²) in [4.78, 5) is 11.3. The molecule has 25 heavy (non-hydrogen) atoms. The minimum atomic E-state index is 0.271. The van der Waals surface area contributed by atoms with Gasteiger partial charge in [-0.1, -0.05) is 37.3 Å². The van der Waals surface area contributed by atoms with Crippen molar-refractivity contribution in [3.05, 3.63) is 47.0 Å². The molecule has 0 aliphatic heterocycles. The predicted molar refractivity (Wildman–Crippen MR) is 109 cm³/mol. The molecule has 0 fully saturated rings. The fourth-order valence-corrected chi connectivity index (χ4v) is 3.19. The van der Waals surface area contributed by atoms with Crippen LogP contribution in [0.2, 0.25) is 0 Å². The number of nitrogens with zero attached hydrogens (tertiary/aromatic N) is 3.